The van der Waals surface area contributed by atoms with Gasteiger partial charge in [-0.2, -0.15) is 0 Å². The molecule has 2 N–H and O–H groups in total. The molecule has 104 valence electrons. The van der Waals surface area contributed by atoms with Crippen molar-refractivity contribution >= 4 is 5.82 Å². The minimum atomic E-state index is 0.469. The number of hydrogen-bond acceptors (Lipinski definition) is 4. The van der Waals surface area contributed by atoms with E-state index in [9.17, 15) is 0 Å². The first-order valence-corrected chi connectivity index (χ1v) is 7.11. The van der Waals surface area contributed by atoms with Crippen molar-refractivity contribution in [2.24, 2.45) is 0 Å². The Balaban J connectivity index is 1.76. The summed E-state index contributed by atoms with van der Waals surface area (Å²) in [6, 6.07) is 10.9. The van der Waals surface area contributed by atoms with E-state index in [1.807, 2.05) is 12.1 Å². The molecule has 0 saturated carbocycles. The van der Waals surface area contributed by atoms with Gasteiger partial charge in [0, 0.05) is 18.2 Å². The van der Waals surface area contributed by atoms with Crippen molar-refractivity contribution < 1.29 is 0 Å². The Labute approximate surface area is 119 Å². The number of rotatable bonds is 3. The van der Waals surface area contributed by atoms with Crippen molar-refractivity contribution in [3.63, 3.8) is 0 Å². The molecule has 0 bridgehead atoms. The Hall–Kier alpha value is -1.94. The molecule has 0 amide bonds. The fourth-order valence-electron chi connectivity index (χ4n) is 2.45. The molecule has 0 radical (unpaired) electrons. The zero-order valence-electron chi connectivity index (χ0n) is 12.0. The van der Waals surface area contributed by atoms with Crippen LogP contribution >= 0.6 is 0 Å². The molecule has 1 fully saturated rings. The summed E-state index contributed by atoms with van der Waals surface area (Å²) < 4.78 is 0. The smallest absolute Gasteiger partial charge is 0.148 e. The summed E-state index contributed by atoms with van der Waals surface area (Å²) in [6.45, 7) is 6.31. The Bertz CT molecular complexity index is 586. The molecule has 2 heterocycles. The number of benzene rings is 1. The lowest BCUT2D eigenvalue weighted by molar-refractivity contribution is 0.783. The second-order valence-electron chi connectivity index (χ2n) is 5.44. The quantitative estimate of drug-likeness (QED) is 0.898. The molecule has 1 aliphatic heterocycles. The van der Waals surface area contributed by atoms with Crippen molar-refractivity contribution in [3.05, 3.63) is 41.5 Å². The summed E-state index contributed by atoms with van der Waals surface area (Å²) in [5, 5.41) is 15.3. The highest BCUT2D eigenvalue weighted by Gasteiger charge is 2.14. The highest BCUT2D eigenvalue weighted by Crippen LogP contribution is 2.20. The van der Waals surface area contributed by atoms with Gasteiger partial charge >= 0.3 is 0 Å². The lowest BCUT2D eigenvalue weighted by Crippen LogP contribution is -2.22. The van der Waals surface area contributed by atoms with Gasteiger partial charge in [-0.1, -0.05) is 12.1 Å². The van der Waals surface area contributed by atoms with E-state index in [0.717, 1.165) is 36.6 Å². The molecule has 4 nitrogen and oxygen atoms in total. The van der Waals surface area contributed by atoms with Crippen molar-refractivity contribution in [2.75, 3.05) is 18.4 Å². The van der Waals surface area contributed by atoms with E-state index in [-0.39, 0.29) is 0 Å². The first-order valence-electron chi connectivity index (χ1n) is 7.11. The van der Waals surface area contributed by atoms with Crippen LogP contribution in [-0.4, -0.2) is 29.3 Å². The molecule has 4 heteroatoms. The van der Waals surface area contributed by atoms with Crippen LogP contribution in [0.3, 0.4) is 0 Å². The van der Waals surface area contributed by atoms with E-state index in [2.05, 4.69) is 52.9 Å². The summed E-state index contributed by atoms with van der Waals surface area (Å²) in [4.78, 5) is 0. The highest BCUT2D eigenvalue weighted by molar-refractivity contribution is 5.61. The number of nitrogens with one attached hydrogen (secondary N) is 2. The molecule has 1 aromatic carbocycles. The van der Waals surface area contributed by atoms with Gasteiger partial charge in [0.15, 0.2) is 0 Å². The van der Waals surface area contributed by atoms with Crippen molar-refractivity contribution in [1.29, 1.82) is 0 Å². The van der Waals surface area contributed by atoms with Gasteiger partial charge in [0.25, 0.3) is 0 Å². The fraction of sp³-hybridized carbons (Fsp3) is 0.375. The van der Waals surface area contributed by atoms with Crippen LogP contribution in [0.15, 0.2) is 30.3 Å². The van der Waals surface area contributed by atoms with Gasteiger partial charge < -0.3 is 10.6 Å². The van der Waals surface area contributed by atoms with Crippen LogP contribution < -0.4 is 10.6 Å². The molecule has 1 unspecified atom stereocenters. The molecule has 0 aliphatic carbocycles. The third kappa shape index (κ3) is 2.80. The summed E-state index contributed by atoms with van der Waals surface area (Å²) in [6.07, 6.45) is 1.14. The maximum absolute atomic E-state index is 4.33. The van der Waals surface area contributed by atoms with Crippen LogP contribution in [0.5, 0.6) is 0 Å². The predicted octanol–water partition coefficient (Wildman–Crippen LogP) is 2.53. The van der Waals surface area contributed by atoms with E-state index in [1.165, 1.54) is 11.1 Å². The summed E-state index contributed by atoms with van der Waals surface area (Å²) in [5.74, 6) is 0.853. The van der Waals surface area contributed by atoms with Crippen molar-refractivity contribution in [1.82, 2.24) is 15.5 Å². The third-order valence-electron chi connectivity index (χ3n) is 3.88. The summed E-state index contributed by atoms with van der Waals surface area (Å²) in [7, 11) is 0. The first kappa shape index (κ1) is 13.1. The SMILES string of the molecule is Cc1ccc(-c2ccc(NC3CCNC3)nn2)cc1C. The predicted molar refractivity (Wildman–Crippen MR) is 81.8 cm³/mol. The molecule has 1 atom stereocenters. The van der Waals surface area contributed by atoms with Gasteiger partial charge in [0.05, 0.1) is 5.69 Å². The molecular weight excluding hydrogens is 248 g/mol. The van der Waals surface area contributed by atoms with Gasteiger partial charge in [0.1, 0.15) is 5.82 Å². The largest absolute Gasteiger partial charge is 0.365 e. The van der Waals surface area contributed by atoms with Gasteiger partial charge in [-0.25, -0.2) is 0 Å². The summed E-state index contributed by atoms with van der Waals surface area (Å²) >= 11 is 0. The second kappa shape index (κ2) is 5.59. The number of nitrogens with zero attached hydrogens (tertiary/aromatic N) is 2. The van der Waals surface area contributed by atoms with Crippen LogP contribution in [0.1, 0.15) is 17.5 Å². The van der Waals surface area contributed by atoms with Crippen LogP contribution in [0.2, 0.25) is 0 Å². The lowest BCUT2D eigenvalue weighted by atomic mass is 10.0. The van der Waals surface area contributed by atoms with Crippen molar-refractivity contribution in [3.8, 4) is 11.3 Å². The molecule has 1 aliphatic rings. The van der Waals surface area contributed by atoms with Gasteiger partial charge in [-0.3, -0.25) is 0 Å². The maximum atomic E-state index is 4.33. The third-order valence-corrected chi connectivity index (χ3v) is 3.88. The van der Waals surface area contributed by atoms with E-state index in [0.29, 0.717) is 6.04 Å². The Morgan fingerprint density at radius 2 is 2.00 bits per heavy atom. The second-order valence-corrected chi connectivity index (χ2v) is 5.44. The lowest BCUT2D eigenvalue weighted by Gasteiger charge is -2.11. The van der Waals surface area contributed by atoms with Crippen molar-refractivity contribution in [2.45, 2.75) is 26.3 Å². The first-order chi connectivity index (χ1) is 9.72. The van der Waals surface area contributed by atoms with E-state index < -0.39 is 0 Å². The molecule has 3 rings (SSSR count). The average Bonchev–Trinajstić information content (AvgIpc) is 2.96. The molecule has 1 saturated heterocycles. The standard InChI is InChI=1S/C16H20N4/c1-11-3-4-13(9-12(11)2)15-5-6-16(20-19-15)18-14-7-8-17-10-14/h3-6,9,14,17H,7-8,10H2,1-2H3,(H,18,20). The van der Waals surface area contributed by atoms with Gasteiger partial charge in [-0.15, -0.1) is 10.2 Å². The van der Waals surface area contributed by atoms with Crippen LogP contribution in [0.25, 0.3) is 11.3 Å². The van der Waals surface area contributed by atoms with Crippen LogP contribution in [0.4, 0.5) is 5.82 Å². The zero-order chi connectivity index (χ0) is 13.9. The highest BCUT2D eigenvalue weighted by atomic mass is 15.2. The molecule has 20 heavy (non-hydrogen) atoms. The minimum absolute atomic E-state index is 0.469. The number of aromatic nitrogens is 2. The van der Waals surface area contributed by atoms with E-state index >= 15 is 0 Å². The molecule has 1 aromatic heterocycles. The zero-order valence-corrected chi connectivity index (χ0v) is 12.0. The molecule has 2 aromatic rings. The number of anilines is 1. The van der Waals surface area contributed by atoms with Gasteiger partial charge in [0.2, 0.25) is 0 Å². The molecular formula is C16H20N4. The maximum Gasteiger partial charge on any atom is 0.148 e. The van der Waals surface area contributed by atoms with Gasteiger partial charge in [-0.05, 0) is 56.1 Å². The Kier molecular flexibility index (Phi) is 3.65. The number of hydrogen-bond donors (Lipinski definition) is 2. The Morgan fingerprint density at radius 3 is 2.65 bits per heavy atom. The van der Waals surface area contributed by atoms with E-state index in [1.54, 1.807) is 0 Å². The van der Waals surface area contributed by atoms with Crippen LogP contribution in [0, 0.1) is 13.8 Å². The molecule has 0 spiro atoms. The fourth-order valence-corrected chi connectivity index (χ4v) is 2.45. The average molecular weight is 268 g/mol. The summed E-state index contributed by atoms with van der Waals surface area (Å²) in [5.41, 5.74) is 4.62. The Morgan fingerprint density at radius 1 is 1.10 bits per heavy atom. The monoisotopic (exact) mass is 268 g/mol. The number of aryl methyl sites for hydroxylation is 2. The van der Waals surface area contributed by atoms with E-state index in [4.69, 9.17) is 0 Å². The van der Waals surface area contributed by atoms with Crippen LogP contribution in [-0.2, 0) is 0 Å². The minimum Gasteiger partial charge on any atom is -0.365 e. The normalized spacial score (nSPS) is 18.2. The topological polar surface area (TPSA) is 49.8 Å².